The molecule has 0 bridgehead atoms. The van der Waals surface area contributed by atoms with Crippen molar-refractivity contribution in [2.75, 3.05) is 18.5 Å². The van der Waals surface area contributed by atoms with Crippen molar-refractivity contribution >= 4 is 21.7 Å². The zero-order chi connectivity index (χ0) is 17.9. The van der Waals surface area contributed by atoms with Crippen molar-refractivity contribution < 1.29 is 23.1 Å². The number of nitrogens with one attached hydrogen (secondary N) is 2. The highest BCUT2D eigenvalue weighted by atomic mass is 32.2. The van der Waals surface area contributed by atoms with Gasteiger partial charge in [-0.15, -0.1) is 0 Å². The van der Waals surface area contributed by atoms with Crippen LogP contribution in [0.3, 0.4) is 0 Å². The van der Waals surface area contributed by atoms with Crippen LogP contribution in [0.25, 0.3) is 0 Å². The second-order valence-corrected chi connectivity index (χ2v) is 8.36. The van der Waals surface area contributed by atoms with Crippen LogP contribution in [-0.4, -0.2) is 44.8 Å². The number of aromatic carboxylic acids is 1. The lowest BCUT2D eigenvalue weighted by atomic mass is 10.2. The van der Waals surface area contributed by atoms with Gasteiger partial charge in [-0.3, -0.25) is 0 Å². The topological polar surface area (TPSA) is 105 Å². The van der Waals surface area contributed by atoms with E-state index in [1.165, 1.54) is 12.1 Å². The molecule has 1 aliphatic heterocycles. The summed E-state index contributed by atoms with van der Waals surface area (Å²) < 4.78 is 33.5. The summed E-state index contributed by atoms with van der Waals surface area (Å²) in [6.45, 7) is 0.845. The summed E-state index contributed by atoms with van der Waals surface area (Å²) in [6.07, 6.45) is 5.84. The van der Waals surface area contributed by atoms with Crippen LogP contribution in [0.2, 0.25) is 0 Å². The Labute approximate surface area is 147 Å². The number of ether oxygens (including phenoxy) is 1. The van der Waals surface area contributed by atoms with E-state index in [1.54, 1.807) is 6.07 Å². The standard InChI is InChI=1S/C17H24N2O5S/c20-17(21)12-7-8-15(19-13-4-1-2-5-13)16(10-12)25(22,23)18-11-14-6-3-9-24-14/h7-8,10,13-14,18-19H,1-6,9,11H2,(H,20,21)/t14-/m0/s1. The van der Waals surface area contributed by atoms with Gasteiger partial charge in [-0.05, 0) is 43.9 Å². The van der Waals surface area contributed by atoms with Gasteiger partial charge in [-0.25, -0.2) is 17.9 Å². The first-order chi connectivity index (χ1) is 12.0. The summed E-state index contributed by atoms with van der Waals surface area (Å²) in [5.41, 5.74) is 0.409. The molecule has 2 aliphatic rings. The van der Waals surface area contributed by atoms with Gasteiger partial charge in [0, 0.05) is 19.2 Å². The normalized spacial score (nSPS) is 21.5. The number of benzene rings is 1. The molecule has 1 aromatic rings. The summed E-state index contributed by atoms with van der Waals surface area (Å²) >= 11 is 0. The van der Waals surface area contributed by atoms with Crippen molar-refractivity contribution in [3.63, 3.8) is 0 Å². The predicted octanol–water partition coefficient (Wildman–Crippen LogP) is 2.20. The average Bonchev–Trinajstić information content (AvgIpc) is 3.26. The first-order valence-corrected chi connectivity index (χ1v) is 10.2. The fraction of sp³-hybridized carbons (Fsp3) is 0.588. The quantitative estimate of drug-likeness (QED) is 0.681. The SMILES string of the molecule is O=C(O)c1ccc(NC2CCCC2)c(S(=O)(=O)NC[C@@H]2CCCO2)c1. The fourth-order valence-electron chi connectivity index (χ4n) is 3.37. The number of carbonyl (C=O) groups is 1. The monoisotopic (exact) mass is 368 g/mol. The molecule has 0 radical (unpaired) electrons. The lowest BCUT2D eigenvalue weighted by Crippen LogP contribution is -2.32. The predicted molar refractivity (Wildman–Crippen MR) is 93.4 cm³/mol. The molecule has 0 amide bonds. The number of anilines is 1. The molecular weight excluding hydrogens is 344 g/mol. The molecule has 1 heterocycles. The van der Waals surface area contributed by atoms with Crippen molar-refractivity contribution in [2.24, 2.45) is 0 Å². The van der Waals surface area contributed by atoms with Gasteiger partial charge in [0.05, 0.1) is 17.4 Å². The third kappa shape index (κ3) is 4.50. The molecule has 1 atom stereocenters. The van der Waals surface area contributed by atoms with Gasteiger partial charge >= 0.3 is 5.97 Å². The van der Waals surface area contributed by atoms with E-state index in [-0.39, 0.29) is 29.1 Å². The number of hydrogen-bond donors (Lipinski definition) is 3. The second-order valence-electron chi connectivity index (χ2n) is 6.63. The van der Waals surface area contributed by atoms with Crippen molar-refractivity contribution in [3.8, 4) is 0 Å². The Morgan fingerprint density at radius 1 is 1.20 bits per heavy atom. The minimum absolute atomic E-state index is 0.0164. The maximum atomic E-state index is 12.8. The van der Waals surface area contributed by atoms with E-state index in [1.807, 2.05) is 0 Å². The first kappa shape index (κ1) is 18.2. The number of hydrogen-bond acceptors (Lipinski definition) is 5. The Balaban J connectivity index is 1.83. The van der Waals surface area contributed by atoms with Gasteiger partial charge < -0.3 is 15.2 Å². The third-order valence-corrected chi connectivity index (χ3v) is 6.22. The zero-order valence-electron chi connectivity index (χ0n) is 14.0. The van der Waals surface area contributed by atoms with Crippen LogP contribution >= 0.6 is 0 Å². The largest absolute Gasteiger partial charge is 0.478 e. The van der Waals surface area contributed by atoms with Crippen molar-refractivity contribution in [3.05, 3.63) is 23.8 Å². The molecule has 3 N–H and O–H groups in total. The van der Waals surface area contributed by atoms with E-state index >= 15 is 0 Å². The maximum absolute atomic E-state index is 12.8. The Bertz CT molecular complexity index is 723. The number of carboxylic acids is 1. The van der Waals surface area contributed by atoms with Gasteiger partial charge in [0.1, 0.15) is 4.90 Å². The molecule has 1 aromatic carbocycles. The molecule has 25 heavy (non-hydrogen) atoms. The summed E-state index contributed by atoms with van der Waals surface area (Å²) in [4.78, 5) is 11.2. The first-order valence-electron chi connectivity index (χ1n) is 8.71. The lowest BCUT2D eigenvalue weighted by molar-refractivity contribution is 0.0696. The minimum Gasteiger partial charge on any atom is -0.478 e. The van der Waals surface area contributed by atoms with E-state index in [2.05, 4.69) is 10.0 Å². The van der Waals surface area contributed by atoms with Gasteiger partial charge in [-0.1, -0.05) is 12.8 Å². The summed E-state index contributed by atoms with van der Waals surface area (Å²) in [5, 5.41) is 12.5. The molecule has 138 valence electrons. The molecule has 1 saturated carbocycles. The smallest absolute Gasteiger partial charge is 0.335 e. The number of rotatable bonds is 7. The Kier molecular flexibility index (Phi) is 5.61. The molecule has 1 saturated heterocycles. The van der Waals surface area contributed by atoms with E-state index in [0.29, 0.717) is 12.3 Å². The van der Waals surface area contributed by atoms with E-state index in [4.69, 9.17) is 4.74 Å². The van der Waals surface area contributed by atoms with E-state index in [9.17, 15) is 18.3 Å². The van der Waals surface area contributed by atoms with Crippen LogP contribution in [0.5, 0.6) is 0 Å². The summed E-state index contributed by atoms with van der Waals surface area (Å²) in [7, 11) is -3.83. The van der Waals surface area contributed by atoms with Crippen molar-refractivity contribution in [1.29, 1.82) is 0 Å². The van der Waals surface area contributed by atoms with Crippen LogP contribution in [0.15, 0.2) is 23.1 Å². The van der Waals surface area contributed by atoms with Gasteiger partial charge in [-0.2, -0.15) is 0 Å². The minimum atomic E-state index is -3.83. The van der Waals surface area contributed by atoms with E-state index < -0.39 is 16.0 Å². The Morgan fingerprint density at radius 2 is 1.96 bits per heavy atom. The maximum Gasteiger partial charge on any atom is 0.335 e. The fourth-order valence-corrected chi connectivity index (χ4v) is 4.63. The molecule has 2 fully saturated rings. The summed E-state index contributed by atoms with van der Waals surface area (Å²) in [6, 6.07) is 4.42. The van der Waals surface area contributed by atoms with Crippen molar-refractivity contribution in [1.82, 2.24) is 4.72 Å². The Hall–Kier alpha value is -1.64. The molecule has 7 nitrogen and oxygen atoms in total. The molecule has 1 aliphatic carbocycles. The zero-order valence-corrected chi connectivity index (χ0v) is 14.8. The van der Waals surface area contributed by atoms with Crippen LogP contribution in [0.4, 0.5) is 5.69 Å². The summed E-state index contributed by atoms with van der Waals surface area (Å²) in [5.74, 6) is -1.15. The highest BCUT2D eigenvalue weighted by Gasteiger charge is 2.25. The average molecular weight is 368 g/mol. The third-order valence-electron chi connectivity index (χ3n) is 4.76. The molecule has 0 spiro atoms. The number of sulfonamides is 1. The van der Waals surface area contributed by atoms with E-state index in [0.717, 1.165) is 38.5 Å². The van der Waals surface area contributed by atoms with Gasteiger partial charge in [0.25, 0.3) is 0 Å². The van der Waals surface area contributed by atoms with Gasteiger partial charge in [0.2, 0.25) is 10.0 Å². The molecule has 0 aromatic heterocycles. The molecular formula is C17H24N2O5S. The highest BCUT2D eigenvalue weighted by molar-refractivity contribution is 7.89. The second kappa shape index (κ2) is 7.72. The van der Waals surface area contributed by atoms with Gasteiger partial charge in [0.15, 0.2) is 0 Å². The molecule has 3 rings (SSSR count). The Morgan fingerprint density at radius 3 is 2.60 bits per heavy atom. The highest BCUT2D eigenvalue weighted by Crippen LogP contribution is 2.28. The number of carboxylic acid groups (broad SMARTS) is 1. The molecule has 8 heteroatoms. The van der Waals surface area contributed by atoms with Crippen LogP contribution in [0.1, 0.15) is 48.9 Å². The lowest BCUT2D eigenvalue weighted by Gasteiger charge is -2.19. The van der Waals surface area contributed by atoms with Crippen LogP contribution < -0.4 is 10.0 Å². The molecule has 0 unspecified atom stereocenters. The van der Waals surface area contributed by atoms with Crippen LogP contribution in [-0.2, 0) is 14.8 Å². The van der Waals surface area contributed by atoms with Crippen molar-refractivity contribution in [2.45, 2.75) is 55.6 Å². The van der Waals surface area contributed by atoms with Crippen LogP contribution in [0, 0.1) is 0 Å².